The molecule has 0 bridgehead atoms. The van der Waals surface area contributed by atoms with Crippen molar-refractivity contribution in [2.75, 3.05) is 12.4 Å². The number of aromatic amines is 1. The summed E-state index contributed by atoms with van der Waals surface area (Å²) in [4.78, 5) is 3.38. The van der Waals surface area contributed by atoms with Gasteiger partial charge in [-0.15, -0.1) is 0 Å². The Hall–Kier alpha value is -2.55. The van der Waals surface area contributed by atoms with Gasteiger partial charge in [0.05, 0.1) is 7.11 Å². The van der Waals surface area contributed by atoms with E-state index in [1.165, 1.54) is 10.9 Å². The normalized spacial score (nSPS) is 10.4. The molecule has 2 aromatic carbocycles. The number of nitrogens with one attached hydrogen (secondary N) is 2. The van der Waals surface area contributed by atoms with Gasteiger partial charge in [0.25, 0.3) is 5.82 Å². The number of benzene rings is 2. The molecule has 0 spiro atoms. The zero-order chi connectivity index (χ0) is 13.8. The first-order valence-corrected chi connectivity index (χ1v) is 6.63. The van der Waals surface area contributed by atoms with Gasteiger partial charge in [0, 0.05) is 11.5 Å². The van der Waals surface area contributed by atoms with Crippen LogP contribution in [0.4, 0.5) is 5.82 Å². The summed E-state index contributed by atoms with van der Waals surface area (Å²) in [6.07, 6.45) is 0. The monoisotopic (exact) mass is 265 g/mol. The number of hydrogen-bond acceptors (Lipinski definition) is 2. The Labute approximate surface area is 118 Å². The molecule has 1 heterocycles. The lowest BCUT2D eigenvalue weighted by atomic mass is 10.2. The number of ether oxygens (including phenoxy) is 1. The van der Waals surface area contributed by atoms with E-state index in [-0.39, 0.29) is 0 Å². The summed E-state index contributed by atoms with van der Waals surface area (Å²) >= 11 is 0. The zero-order valence-corrected chi connectivity index (χ0v) is 11.4. The van der Waals surface area contributed by atoms with E-state index in [0.29, 0.717) is 0 Å². The van der Waals surface area contributed by atoms with Crippen LogP contribution >= 0.6 is 0 Å². The molecule has 0 atom stereocenters. The maximum absolute atomic E-state index is 5.23. The first-order chi connectivity index (χ1) is 9.85. The fourth-order valence-electron chi connectivity index (χ4n) is 2.20. The van der Waals surface area contributed by atoms with Crippen LogP contribution in [0.1, 0.15) is 5.56 Å². The molecule has 100 valence electrons. The number of anilines is 1. The van der Waals surface area contributed by atoms with Crippen LogP contribution in [0.5, 0.6) is 5.75 Å². The molecule has 2 N–H and O–H groups in total. The van der Waals surface area contributed by atoms with Crippen molar-refractivity contribution in [3.63, 3.8) is 0 Å². The van der Waals surface area contributed by atoms with Crippen LogP contribution < -0.4 is 15.0 Å². The molecule has 3 nitrogen and oxygen atoms in total. The molecule has 0 amide bonds. The molecule has 3 heteroatoms. The quantitative estimate of drug-likeness (QED) is 0.785. The second kappa shape index (κ2) is 5.61. The molecule has 0 aliphatic carbocycles. The lowest BCUT2D eigenvalue weighted by Gasteiger charge is -2.03. The number of rotatable bonds is 4. The number of methoxy groups -OCH3 is 1. The molecule has 1 aromatic heterocycles. The summed E-state index contributed by atoms with van der Waals surface area (Å²) in [5, 5.41) is 4.60. The Morgan fingerprint density at radius 1 is 1.00 bits per heavy atom. The molecule has 0 aliphatic rings. The molecule has 0 aliphatic heterocycles. The minimum absolute atomic E-state index is 0.756. The zero-order valence-electron chi connectivity index (χ0n) is 11.4. The van der Waals surface area contributed by atoms with Gasteiger partial charge < -0.3 is 4.74 Å². The summed E-state index contributed by atoms with van der Waals surface area (Å²) in [6, 6.07) is 20.5. The maximum atomic E-state index is 5.23. The number of para-hydroxylation sites is 1. The number of fused-ring (bicyclic) bond motifs is 1. The van der Waals surface area contributed by atoms with Crippen molar-refractivity contribution in [2.45, 2.75) is 6.54 Å². The molecule has 0 radical (unpaired) electrons. The van der Waals surface area contributed by atoms with Crippen molar-refractivity contribution in [1.29, 1.82) is 0 Å². The first-order valence-electron chi connectivity index (χ1n) is 6.63. The van der Waals surface area contributed by atoms with Crippen molar-refractivity contribution in [3.05, 3.63) is 66.2 Å². The largest absolute Gasteiger partial charge is 0.497 e. The van der Waals surface area contributed by atoms with Crippen molar-refractivity contribution < 1.29 is 9.72 Å². The van der Waals surface area contributed by atoms with E-state index in [1.54, 1.807) is 7.11 Å². The van der Waals surface area contributed by atoms with Gasteiger partial charge in [-0.2, -0.15) is 0 Å². The topological polar surface area (TPSA) is 35.4 Å². The summed E-state index contributed by atoms with van der Waals surface area (Å²) in [7, 11) is 1.68. The van der Waals surface area contributed by atoms with Crippen molar-refractivity contribution in [2.24, 2.45) is 0 Å². The van der Waals surface area contributed by atoms with E-state index in [9.17, 15) is 0 Å². The van der Waals surface area contributed by atoms with Gasteiger partial charge in [-0.3, -0.25) is 5.32 Å². The molecule has 0 saturated carbocycles. The Morgan fingerprint density at radius 2 is 1.90 bits per heavy atom. The van der Waals surface area contributed by atoms with Crippen LogP contribution in [0.15, 0.2) is 60.7 Å². The van der Waals surface area contributed by atoms with Gasteiger partial charge >= 0.3 is 0 Å². The fourth-order valence-corrected chi connectivity index (χ4v) is 2.20. The smallest absolute Gasteiger partial charge is 0.272 e. The SMILES string of the molecule is COc1cccc(CNc2ccc3ccccc3[nH+]2)c1. The van der Waals surface area contributed by atoms with E-state index in [1.807, 2.05) is 30.3 Å². The lowest BCUT2D eigenvalue weighted by molar-refractivity contribution is -0.327. The predicted molar refractivity (Wildman–Crippen MR) is 80.8 cm³/mol. The van der Waals surface area contributed by atoms with Crippen LogP contribution in [0, 0.1) is 0 Å². The molecular formula is C17H17N2O+. The second-order valence-corrected chi connectivity index (χ2v) is 4.66. The molecule has 0 fully saturated rings. The number of pyridine rings is 1. The van der Waals surface area contributed by atoms with Gasteiger partial charge in [-0.05, 0) is 29.8 Å². The molecule has 20 heavy (non-hydrogen) atoms. The average Bonchev–Trinajstić information content (AvgIpc) is 2.53. The highest BCUT2D eigenvalue weighted by atomic mass is 16.5. The molecular weight excluding hydrogens is 248 g/mol. The van der Waals surface area contributed by atoms with Gasteiger partial charge in [0.15, 0.2) is 0 Å². The number of hydrogen-bond donors (Lipinski definition) is 1. The number of aromatic nitrogens is 1. The molecule has 3 rings (SSSR count). The van der Waals surface area contributed by atoms with E-state index in [4.69, 9.17) is 4.74 Å². The Bertz CT molecular complexity index is 725. The highest BCUT2D eigenvalue weighted by Gasteiger charge is 2.04. The lowest BCUT2D eigenvalue weighted by Crippen LogP contribution is -2.13. The minimum Gasteiger partial charge on any atom is -0.497 e. The first kappa shape index (κ1) is 12.5. The van der Waals surface area contributed by atoms with Crippen LogP contribution in [0.3, 0.4) is 0 Å². The third-order valence-electron chi connectivity index (χ3n) is 3.28. The van der Waals surface area contributed by atoms with Gasteiger partial charge in [-0.25, -0.2) is 4.98 Å². The van der Waals surface area contributed by atoms with Crippen molar-refractivity contribution in [3.8, 4) is 5.75 Å². The Kier molecular flexibility index (Phi) is 3.50. The highest BCUT2D eigenvalue weighted by molar-refractivity contribution is 5.75. The second-order valence-electron chi connectivity index (χ2n) is 4.66. The van der Waals surface area contributed by atoms with E-state index < -0.39 is 0 Å². The highest BCUT2D eigenvalue weighted by Crippen LogP contribution is 2.14. The van der Waals surface area contributed by atoms with E-state index >= 15 is 0 Å². The van der Waals surface area contributed by atoms with Crippen molar-refractivity contribution in [1.82, 2.24) is 0 Å². The number of H-pyrrole nitrogens is 1. The third kappa shape index (κ3) is 2.72. The molecule has 3 aromatic rings. The summed E-state index contributed by atoms with van der Waals surface area (Å²) in [5.74, 6) is 1.89. The van der Waals surface area contributed by atoms with Crippen LogP contribution in [-0.2, 0) is 6.54 Å². The van der Waals surface area contributed by atoms with Gasteiger partial charge in [-0.1, -0.05) is 30.3 Å². The van der Waals surface area contributed by atoms with Gasteiger partial charge in [0.2, 0.25) is 0 Å². The Balaban J connectivity index is 1.76. The average molecular weight is 265 g/mol. The minimum atomic E-state index is 0.756. The standard InChI is InChI=1S/C17H16N2O/c1-20-15-7-4-5-13(11-15)12-18-17-10-9-14-6-2-3-8-16(14)19-17/h2-11H,12H2,1H3,(H,18,19)/p+1. The van der Waals surface area contributed by atoms with E-state index in [0.717, 1.165) is 23.6 Å². The summed E-state index contributed by atoms with van der Waals surface area (Å²) in [5.41, 5.74) is 2.31. The summed E-state index contributed by atoms with van der Waals surface area (Å²) < 4.78 is 5.23. The molecule has 0 unspecified atom stereocenters. The maximum Gasteiger partial charge on any atom is 0.272 e. The Morgan fingerprint density at radius 3 is 2.80 bits per heavy atom. The predicted octanol–water partition coefficient (Wildman–Crippen LogP) is 3.27. The fraction of sp³-hybridized carbons (Fsp3) is 0.118. The van der Waals surface area contributed by atoms with Crippen molar-refractivity contribution >= 4 is 16.7 Å². The molecule has 0 saturated heterocycles. The van der Waals surface area contributed by atoms with Crippen LogP contribution in [0.2, 0.25) is 0 Å². The van der Waals surface area contributed by atoms with Crippen LogP contribution in [0.25, 0.3) is 10.9 Å². The summed E-state index contributed by atoms with van der Waals surface area (Å²) in [6.45, 7) is 0.756. The van der Waals surface area contributed by atoms with Gasteiger partial charge in [0.1, 0.15) is 17.8 Å². The third-order valence-corrected chi connectivity index (χ3v) is 3.28. The van der Waals surface area contributed by atoms with Crippen LogP contribution in [-0.4, -0.2) is 7.11 Å². The van der Waals surface area contributed by atoms with E-state index in [2.05, 4.69) is 40.6 Å².